The highest BCUT2D eigenvalue weighted by molar-refractivity contribution is 5.94. The molecule has 0 bridgehead atoms. The van der Waals surface area contributed by atoms with E-state index in [9.17, 15) is 0 Å². The van der Waals surface area contributed by atoms with Gasteiger partial charge < -0.3 is 0 Å². The second-order valence-electron chi connectivity index (χ2n) is 4.47. The van der Waals surface area contributed by atoms with Gasteiger partial charge in [0.15, 0.2) is 0 Å². The lowest BCUT2D eigenvalue weighted by Gasteiger charge is -2.18. The Morgan fingerprint density at radius 3 is 3.25 bits per heavy atom. The number of para-hydroxylation sites is 1. The van der Waals surface area contributed by atoms with E-state index in [0.717, 1.165) is 24.0 Å². The Balaban J connectivity index is 2.13. The van der Waals surface area contributed by atoms with Crippen LogP contribution in [0.15, 0.2) is 24.3 Å². The van der Waals surface area contributed by atoms with Crippen LogP contribution >= 0.6 is 0 Å². The standard InChI is InChI=1S/C13H12N2O/c1-2-5-9-8(4-1)13-12-10(14-9)6-3-7-11(12)16-15-13/h1-2,4-5,11,15H,3,6-7H2. The smallest absolute Gasteiger partial charge is 0.114 e. The van der Waals surface area contributed by atoms with Gasteiger partial charge in [-0.05, 0) is 25.3 Å². The molecular formula is C13H12N2O. The van der Waals surface area contributed by atoms with Gasteiger partial charge in [-0.15, -0.1) is 0 Å². The Kier molecular flexibility index (Phi) is 1.57. The maximum Gasteiger partial charge on any atom is 0.114 e. The molecular weight excluding hydrogens is 200 g/mol. The first kappa shape index (κ1) is 8.53. The first-order chi connectivity index (χ1) is 7.93. The van der Waals surface area contributed by atoms with Crippen molar-refractivity contribution < 1.29 is 4.84 Å². The molecule has 0 spiro atoms. The third-order valence-electron chi connectivity index (χ3n) is 3.51. The average molecular weight is 212 g/mol. The fraction of sp³-hybridized carbons (Fsp3) is 0.308. The van der Waals surface area contributed by atoms with E-state index >= 15 is 0 Å². The Morgan fingerprint density at radius 2 is 2.25 bits per heavy atom. The van der Waals surface area contributed by atoms with Gasteiger partial charge in [-0.3, -0.25) is 15.3 Å². The van der Waals surface area contributed by atoms with E-state index < -0.39 is 0 Å². The first-order valence-electron chi connectivity index (χ1n) is 5.76. The number of fused-ring (bicyclic) bond motifs is 2. The van der Waals surface area contributed by atoms with Crippen molar-refractivity contribution >= 4 is 16.6 Å². The third kappa shape index (κ3) is 0.985. The van der Waals surface area contributed by atoms with Crippen LogP contribution in [0.1, 0.15) is 30.2 Å². The van der Waals surface area contributed by atoms with Crippen molar-refractivity contribution in [3.63, 3.8) is 0 Å². The van der Waals surface area contributed by atoms with E-state index in [2.05, 4.69) is 17.6 Å². The molecule has 0 amide bonds. The third-order valence-corrected chi connectivity index (χ3v) is 3.51. The van der Waals surface area contributed by atoms with Gasteiger partial charge in [-0.1, -0.05) is 18.2 Å². The molecule has 0 saturated heterocycles. The number of hydrogen-bond acceptors (Lipinski definition) is 3. The highest BCUT2D eigenvalue weighted by Crippen LogP contribution is 2.44. The molecule has 0 radical (unpaired) electrons. The van der Waals surface area contributed by atoms with Crippen LogP contribution in [0.4, 0.5) is 5.69 Å². The maximum atomic E-state index is 5.62. The normalized spacial score (nSPS) is 21.9. The number of nitrogens with zero attached hydrogens (tertiary/aromatic N) is 1. The monoisotopic (exact) mass is 212 g/mol. The molecule has 4 rings (SSSR count). The van der Waals surface area contributed by atoms with Gasteiger partial charge in [0.1, 0.15) is 6.10 Å². The van der Waals surface area contributed by atoms with Gasteiger partial charge >= 0.3 is 0 Å². The van der Waals surface area contributed by atoms with Crippen molar-refractivity contribution in [1.29, 1.82) is 0 Å². The summed E-state index contributed by atoms with van der Waals surface area (Å²) in [5.41, 5.74) is 7.81. The summed E-state index contributed by atoms with van der Waals surface area (Å²) in [5.74, 6) is 0. The zero-order valence-corrected chi connectivity index (χ0v) is 8.86. The van der Waals surface area contributed by atoms with Crippen LogP contribution in [0.2, 0.25) is 0 Å². The molecule has 3 nitrogen and oxygen atoms in total. The highest BCUT2D eigenvalue weighted by Gasteiger charge is 2.32. The number of rotatable bonds is 0. The minimum Gasteiger partial charge on any atom is -0.268 e. The highest BCUT2D eigenvalue weighted by atomic mass is 16.7. The van der Waals surface area contributed by atoms with Gasteiger partial charge in [-0.2, -0.15) is 0 Å². The SMILES string of the molecule is c1ccc2c3c4c(nc2c1)CCCC4ON3. The molecule has 2 heterocycles. The number of nitrogens with one attached hydrogen (secondary N) is 1. The molecule has 2 aliphatic rings. The van der Waals surface area contributed by atoms with E-state index in [1.807, 2.05) is 12.1 Å². The zero-order chi connectivity index (χ0) is 10.5. The zero-order valence-electron chi connectivity index (χ0n) is 8.86. The predicted molar refractivity (Wildman–Crippen MR) is 62.1 cm³/mol. The van der Waals surface area contributed by atoms with Crippen molar-refractivity contribution in [2.75, 3.05) is 5.48 Å². The van der Waals surface area contributed by atoms with Crippen LogP contribution in [0, 0.1) is 0 Å². The largest absolute Gasteiger partial charge is 0.268 e. The Labute approximate surface area is 93.4 Å². The van der Waals surface area contributed by atoms with Crippen LogP contribution in [-0.2, 0) is 11.3 Å². The van der Waals surface area contributed by atoms with Crippen LogP contribution in [0.5, 0.6) is 0 Å². The Hall–Kier alpha value is -1.61. The van der Waals surface area contributed by atoms with Crippen LogP contribution in [0.3, 0.4) is 0 Å². The van der Waals surface area contributed by atoms with Crippen molar-refractivity contribution in [3.8, 4) is 0 Å². The number of aromatic nitrogens is 1. The van der Waals surface area contributed by atoms with Gasteiger partial charge in [0.25, 0.3) is 0 Å². The summed E-state index contributed by atoms with van der Waals surface area (Å²) < 4.78 is 0. The molecule has 16 heavy (non-hydrogen) atoms. The van der Waals surface area contributed by atoms with Crippen LogP contribution in [-0.4, -0.2) is 4.98 Å². The van der Waals surface area contributed by atoms with Crippen molar-refractivity contribution in [1.82, 2.24) is 4.98 Å². The van der Waals surface area contributed by atoms with E-state index in [4.69, 9.17) is 9.82 Å². The molecule has 3 heteroatoms. The van der Waals surface area contributed by atoms with Gasteiger partial charge in [0, 0.05) is 16.6 Å². The van der Waals surface area contributed by atoms with Gasteiger partial charge in [0.05, 0.1) is 11.2 Å². The average Bonchev–Trinajstić information content (AvgIpc) is 2.76. The number of aryl methyl sites for hydroxylation is 1. The van der Waals surface area contributed by atoms with E-state index in [1.165, 1.54) is 23.1 Å². The maximum absolute atomic E-state index is 5.62. The fourth-order valence-corrected chi connectivity index (χ4v) is 2.77. The minimum absolute atomic E-state index is 0.218. The number of pyridine rings is 1. The fourth-order valence-electron chi connectivity index (χ4n) is 2.77. The van der Waals surface area contributed by atoms with Crippen LogP contribution in [0.25, 0.3) is 10.9 Å². The quantitative estimate of drug-likeness (QED) is 0.729. The summed E-state index contributed by atoms with van der Waals surface area (Å²) in [5, 5.41) is 1.17. The molecule has 1 unspecified atom stereocenters. The molecule has 1 aromatic heterocycles. The minimum atomic E-state index is 0.218. The van der Waals surface area contributed by atoms with Gasteiger partial charge in [0.2, 0.25) is 0 Å². The predicted octanol–water partition coefficient (Wildman–Crippen LogP) is 2.97. The number of benzene rings is 1. The molecule has 0 fully saturated rings. The van der Waals surface area contributed by atoms with Crippen molar-refractivity contribution in [2.45, 2.75) is 25.4 Å². The lowest BCUT2D eigenvalue weighted by Crippen LogP contribution is -2.09. The van der Waals surface area contributed by atoms with Gasteiger partial charge in [-0.25, -0.2) is 0 Å². The van der Waals surface area contributed by atoms with Crippen molar-refractivity contribution in [2.24, 2.45) is 0 Å². The summed E-state index contributed by atoms with van der Waals surface area (Å²) in [7, 11) is 0. The Bertz CT molecular complexity index is 579. The topological polar surface area (TPSA) is 34.1 Å². The summed E-state index contributed by atoms with van der Waals surface area (Å²) in [6.07, 6.45) is 3.57. The summed E-state index contributed by atoms with van der Waals surface area (Å²) >= 11 is 0. The molecule has 2 aromatic rings. The number of anilines is 1. The Morgan fingerprint density at radius 1 is 1.31 bits per heavy atom. The van der Waals surface area contributed by atoms with Crippen LogP contribution < -0.4 is 5.48 Å². The molecule has 1 atom stereocenters. The van der Waals surface area contributed by atoms with Crippen molar-refractivity contribution in [3.05, 3.63) is 35.5 Å². The van der Waals surface area contributed by atoms with E-state index in [0.29, 0.717) is 0 Å². The number of hydrogen-bond donors (Lipinski definition) is 1. The molecule has 80 valence electrons. The lowest BCUT2D eigenvalue weighted by molar-refractivity contribution is 0.106. The summed E-state index contributed by atoms with van der Waals surface area (Å²) in [6.45, 7) is 0. The van der Waals surface area contributed by atoms with E-state index in [-0.39, 0.29) is 6.10 Å². The lowest BCUT2D eigenvalue weighted by atomic mass is 9.91. The second kappa shape index (κ2) is 2.95. The van der Waals surface area contributed by atoms with E-state index in [1.54, 1.807) is 0 Å². The molecule has 0 saturated carbocycles. The first-order valence-corrected chi connectivity index (χ1v) is 5.76. The molecule has 1 aromatic carbocycles. The molecule has 1 aliphatic carbocycles. The molecule has 1 aliphatic heterocycles. The second-order valence-corrected chi connectivity index (χ2v) is 4.47. The summed E-state index contributed by atoms with van der Waals surface area (Å²) in [6, 6.07) is 8.25. The summed E-state index contributed by atoms with van der Waals surface area (Å²) in [4.78, 5) is 10.4. The molecule has 1 N–H and O–H groups in total.